The average Bonchev–Trinajstić information content (AvgIpc) is 2.86. The topological polar surface area (TPSA) is 89.5 Å². The van der Waals surface area contributed by atoms with Crippen molar-refractivity contribution in [3.05, 3.63) is 52.6 Å². The number of rotatable bonds is 9. The SMILES string of the molecule is CCOC(=O)C1=Cc2c(OC)cc(OC)cc2[C@H](c2ccc(OC)cc2OC)[C@H]1C(=O)OCC. The molecule has 0 saturated heterocycles. The van der Waals surface area contributed by atoms with Crippen LogP contribution < -0.4 is 18.9 Å². The summed E-state index contributed by atoms with van der Waals surface area (Å²) in [4.78, 5) is 26.4. The molecule has 0 spiro atoms. The summed E-state index contributed by atoms with van der Waals surface area (Å²) in [6, 6.07) is 8.89. The van der Waals surface area contributed by atoms with Crippen LogP contribution in [0.1, 0.15) is 36.5 Å². The van der Waals surface area contributed by atoms with Crippen molar-refractivity contribution in [3.63, 3.8) is 0 Å². The van der Waals surface area contributed by atoms with Crippen LogP contribution in [0.4, 0.5) is 0 Å². The maximum atomic E-state index is 13.3. The number of carbonyl (C=O) groups excluding carboxylic acids is 2. The van der Waals surface area contributed by atoms with Crippen LogP contribution in [0.15, 0.2) is 35.9 Å². The number of hydrogen-bond donors (Lipinski definition) is 0. The molecule has 0 aromatic heterocycles. The van der Waals surface area contributed by atoms with Crippen LogP contribution >= 0.6 is 0 Å². The van der Waals surface area contributed by atoms with Crippen molar-refractivity contribution in [1.82, 2.24) is 0 Å². The number of ether oxygens (including phenoxy) is 6. The van der Waals surface area contributed by atoms with Crippen molar-refractivity contribution in [2.75, 3.05) is 41.7 Å². The van der Waals surface area contributed by atoms with Gasteiger partial charge in [0, 0.05) is 29.2 Å². The van der Waals surface area contributed by atoms with Crippen LogP contribution in [0.5, 0.6) is 23.0 Å². The predicted molar refractivity (Wildman–Crippen MR) is 126 cm³/mol. The third kappa shape index (κ3) is 4.66. The van der Waals surface area contributed by atoms with Crippen molar-refractivity contribution in [1.29, 1.82) is 0 Å². The first-order valence-electron chi connectivity index (χ1n) is 11.0. The van der Waals surface area contributed by atoms with Gasteiger partial charge < -0.3 is 28.4 Å². The average molecular weight is 471 g/mol. The number of methoxy groups -OCH3 is 4. The normalized spacial score (nSPS) is 16.6. The van der Waals surface area contributed by atoms with E-state index in [2.05, 4.69) is 0 Å². The minimum atomic E-state index is -0.981. The Morgan fingerprint density at radius 2 is 1.41 bits per heavy atom. The van der Waals surface area contributed by atoms with Gasteiger partial charge in [-0.15, -0.1) is 0 Å². The highest BCUT2D eigenvalue weighted by Crippen LogP contribution is 2.50. The molecule has 0 N–H and O–H groups in total. The zero-order valence-electron chi connectivity index (χ0n) is 20.3. The van der Waals surface area contributed by atoms with Crippen LogP contribution in [0.2, 0.25) is 0 Å². The molecule has 8 heteroatoms. The summed E-state index contributed by atoms with van der Waals surface area (Å²) < 4.78 is 32.9. The zero-order valence-corrected chi connectivity index (χ0v) is 20.3. The van der Waals surface area contributed by atoms with E-state index in [0.717, 1.165) is 5.56 Å². The maximum absolute atomic E-state index is 13.3. The molecule has 0 aliphatic heterocycles. The summed E-state index contributed by atoms with van der Waals surface area (Å²) in [7, 11) is 6.18. The van der Waals surface area contributed by atoms with E-state index in [4.69, 9.17) is 28.4 Å². The number of fused-ring (bicyclic) bond motifs is 1. The van der Waals surface area contributed by atoms with Gasteiger partial charge >= 0.3 is 11.9 Å². The molecule has 1 aliphatic carbocycles. The number of hydrogen-bond acceptors (Lipinski definition) is 8. The van der Waals surface area contributed by atoms with E-state index in [1.807, 2.05) is 12.1 Å². The third-order valence-corrected chi connectivity index (χ3v) is 5.73. The van der Waals surface area contributed by atoms with Gasteiger partial charge in [-0.1, -0.05) is 6.07 Å². The highest BCUT2D eigenvalue weighted by Gasteiger charge is 2.44. The van der Waals surface area contributed by atoms with Crippen LogP contribution in [-0.2, 0) is 19.1 Å². The van der Waals surface area contributed by atoms with Gasteiger partial charge in [0.15, 0.2) is 0 Å². The summed E-state index contributed by atoms with van der Waals surface area (Å²) >= 11 is 0. The molecule has 8 nitrogen and oxygen atoms in total. The molecule has 0 bridgehead atoms. The van der Waals surface area contributed by atoms with Crippen molar-refractivity contribution < 1.29 is 38.0 Å². The standard InChI is InChI=1S/C26H30O8/c1-7-33-25(27)20-14-18-19(11-16(30-4)13-22(18)32-6)23(24(20)26(28)34-8-2)17-10-9-15(29-3)12-21(17)31-5/h9-14,23-24H,7-8H2,1-6H3/t23-,24-/m0/s1. The van der Waals surface area contributed by atoms with Crippen molar-refractivity contribution in [2.45, 2.75) is 19.8 Å². The van der Waals surface area contributed by atoms with E-state index < -0.39 is 23.8 Å². The van der Waals surface area contributed by atoms with Gasteiger partial charge in [-0.05, 0) is 37.6 Å². The molecule has 1 aliphatic rings. The first-order chi connectivity index (χ1) is 16.4. The second-order valence-corrected chi connectivity index (χ2v) is 7.47. The van der Waals surface area contributed by atoms with Gasteiger partial charge in [-0.25, -0.2) is 4.79 Å². The lowest BCUT2D eigenvalue weighted by Gasteiger charge is -2.34. The van der Waals surface area contributed by atoms with Crippen molar-refractivity contribution in [2.24, 2.45) is 5.92 Å². The Labute approximate surface area is 199 Å². The molecule has 2 aromatic carbocycles. The molecule has 0 unspecified atom stereocenters. The highest BCUT2D eigenvalue weighted by molar-refractivity contribution is 6.02. The van der Waals surface area contributed by atoms with Gasteiger partial charge in [0.05, 0.1) is 47.2 Å². The van der Waals surface area contributed by atoms with Gasteiger partial charge in [0.1, 0.15) is 28.9 Å². The predicted octanol–water partition coefficient (Wildman–Crippen LogP) is 3.99. The Hall–Kier alpha value is -3.68. The number of benzene rings is 2. The fraction of sp³-hybridized carbons (Fsp3) is 0.385. The quantitative estimate of drug-likeness (QED) is 0.508. The molecule has 0 fully saturated rings. The minimum Gasteiger partial charge on any atom is -0.497 e. The monoisotopic (exact) mass is 470 g/mol. The van der Waals surface area contributed by atoms with E-state index in [1.165, 1.54) is 14.2 Å². The van der Waals surface area contributed by atoms with Crippen molar-refractivity contribution in [3.8, 4) is 23.0 Å². The molecule has 2 atom stereocenters. The van der Waals surface area contributed by atoms with E-state index in [9.17, 15) is 9.59 Å². The molecule has 0 amide bonds. The largest absolute Gasteiger partial charge is 0.497 e. The fourth-order valence-electron chi connectivity index (χ4n) is 4.24. The number of esters is 2. The Balaban J connectivity index is 2.39. The van der Waals surface area contributed by atoms with Gasteiger partial charge in [-0.3, -0.25) is 4.79 Å². The number of carbonyl (C=O) groups is 2. The second-order valence-electron chi connectivity index (χ2n) is 7.47. The lowest BCUT2D eigenvalue weighted by atomic mass is 9.71. The summed E-state index contributed by atoms with van der Waals surface area (Å²) in [5, 5.41) is 0. The molecular weight excluding hydrogens is 440 g/mol. The molecule has 2 aromatic rings. The molecule has 0 radical (unpaired) electrons. The molecule has 0 heterocycles. The first-order valence-corrected chi connectivity index (χ1v) is 11.0. The van der Waals surface area contributed by atoms with Gasteiger partial charge in [0.2, 0.25) is 0 Å². The van der Waals surface area contributed by atoms with E-state index in [1.54, 1.807) is 52.3 Å². The lowest BCUT2D eigenvalue weighted by Crippen LogP contribution is -2.34. The summed E-state index contributed by atoms with van der Waals surface area (Å²) in [6.07, 6.45) is 1.64. The molecule has 3 rings (SSSR count). The molecule has 182 valence electrons. The smallest absolute Gasteiger partial charge is 0.334 e. The molecule has 34 heavy (non-hydrogen) atoms. The second kappa shape index (κ2) is 11.0. The van der Waals surface area contributed by atoms with Crippen LogP contribution in [0.3, 0.4) is 0 Å². The highest BCUT2D eigenvalue weighted by atomic mass is 16.5. The van der Waals surface area contributed by atoms with Crippen molar-refractivity contribution >= 4 is 18.0 Å². The fourth-order valence-corrected chi connectivity index (χ4v) is 4.24. The van der Waals surface area contributed by atoms with Gasteiger partial charge in [-0.2, -0.15) is 0 Å². The van der Waals surface area contributed by atoms with Gasteiger partial charge in [0.25, 0.3) is 0 Å². The van der Waals surface area contributed by atoms with Crippen LogP contribution in [0, 0.1) is 5.92 Å². The van der Waals surface area contributed by atoms with Crippen LogP contribution in [0.25, 0.3) is 6.08 Å². The summed E-state index contributed by atoms with van der Waals surface area (Å²) in [5.74, 6) is -0.641. The molecular formula is C26H30O8. The first kappa shape index (κ1) is 25.0. The zero-order chi connectivity index (χ0) is 24.8. The lowest BCUT2D eigenvalue weighted by molar-refractivity contribution is -0.150. The Kier molecular flexibility index (Phi) is 8.04. The van der Waals surface area contributed by atoms with E-state index >= 15 is 0 Å². The Morgan fingerprint density at radius 3 is 2.00 bits per heavy atom. The maximum Gasteiger partial charge on any atom is 0.334 e. The Morgan fingerprint density at radius 1 is 0.765 bits per heavy atom. The van der Waals surface area contributed by atoms with E-state index in [-0.39, 0.29) is 18.8 Å². The van der Waals surface area contributed by atoms with E-state index in [0.29, 0.717) is 34.1 Å². The Bertz CT molecular complexity index is 1090. The third-order valence-electron chi connectivity index (χ3n) is 5.73. The summed E-state index contributed by atoms with van der Waals surface area (Å²) in [6.45, 7) is 3.75. The van der Waals surface area contributed by atoms with Crippen LogP contribution in [-0.4, -0.2) is 53.6 Å². The minimum absolute atomic E-state index is 0.159. The molecule has 0 saturated carbocycles. The summed E-state index contributed by atoms with van der Waals surface area (Å²) in [5.41, 5.74) is 2.23.